The zero-order chi connectivity index (χ0) is 13.4. The molecule has 0 saturated carbocycles. The standard InChI is InChI=1S/C15H19BrClN/c1-3-5-6-7-15(18-10-4-2)13-9-8-12(17)11-14(13)16/h1,8-9,11,15,18H,4-7,10H2,2H3. The van der Waals surface area contributed by atoms with E-state index in [1.165, 1.54) is 5.56 Å². The van der Waals surface area contributed by atoms with Crippen LogP contribution in [0, 0.1) is 12.3 Å². The second-order valence-corrected chi connectivity index (χ2v) is 5.56. The lowest BCUT2D eigenvalue weighted by atomic mass is 10.0. The smallest absolute Gasteiger partial charge is 0.0417 e. The van der Waals surface area contributed by atoms with Gasteiger partial charge in [-0.25, -0.2) is 0 Å². The van der Waals surface area contributed by atoms with Crippen LogP contribution in [-0.2, 0) is 0 Å². The van der Waals surface area contributed by atoms with Crippen molar-refractivity contribution in [2.75, 3.05) is 6.54 Å². The van der Waals surface area contributed by atoms with Gasteiger partial charge < -0.3 is 5.32 Å². The summed E-state index contributed by atoms with van der Waals surface area (Å²) in [5.41, 5.74) is 1.25. The second-order valence-electron chi connectivity index (χ2n) is 4.27. The fourth-order valence-electron chi connectivity index (χ4n) is 1.88. The minimum Gasteiger partial charge on any atom is -0.310 e. The molecule has 0 aliphatic carbocycles. The maximum atomic E-state index is 5.98. The van der Waals surface area contributed by atoms with Gasteiger partial charge in [0.2, 0.25) is 0 Å². The van der Waals surface area contributed by atoms with Crippen LogP contribution in [0.15, 0.2) is 22.7 Å². The van der Waals surface area contributed by atoms with Crippen LogP contribution in [-0.4, -0.2) is 6.54 Å². The molecule has 3 heteroatoms. The summed E-state index contributed by atoms with van der Waals surface area (Å²) in [5.74, 6) is 2.69. The third-order valence-electron chi connectivity index (χ3n) is 2.79. The maximum Gasteiger partial charge on any atom is 0.0417 e. The molecule has 18 heavy (non-hydrogen) atoms. The summed E-state index contributed by atoms with van der Waals surface area (Å²) in [5, 5.41) is 4.32. The first-order valence-corrected chi connectivity index (χ1v) is 7.48. The van der Waals surface area contributed by atoms with Gasteiger partial charge in [-0.05, 0) is 43.5 Å². The molecule has 98 valence electrons. The fraction of sp³-hybridized carbons (Fsp3) is 0.467. The number of halogens is 2. The van der Waals surface area contributed by atoms with Crippen LogP contribution in [0.4, 0.5) is 0 Å². The topological polar surface area (TPSA) is 12.0 Å². The van der Waals surface area contributed by atoms with Crippen LogP contribution < -0.4 is 5.32 Å². The van der Waals surface area contributed by atoms with Crippen LogP contribution in [0.5, 0.6) is 0 Å². The monoisotopic (exact) mass is 327 g/mol. The van der Waals surface area contributed by atoms with Crippen molar-refractivity contribution in [3.05, 3.63) is 33.3 Å². The lowest BCUT2D eigenvalue weighted by molar-refractivity contribution is 0.486. The summed E-state index contributed by atoms with van der Waals surface area (Å²) in [6.45, 7) is 3.18. The molecule has 0 amide bonds. The van der Waals surface area contributed by atoms with Gasteiger partial charge in [0.1, 0.15) is 0 Å². The van der Waals surface area contributed by atoms with E-state index in [2.05, 4.69) is 40.2 Å². The molecule has 0 spiro atoms. The zero-order valence-electron chi connectivity index (χ0n) is 10.7. The normalized spacial score (nSPS) is 12.1. The summed E-state index contributed by atoms with van der Waals surface area (Å²) in [6.07, 6.45) is 9.34. The number of unbranched alkanes of at least 4 members (excludes halogenated alkanes) is 1. The minimum absolute atomic E-state index is 0.338. The average Bonchev–Trinajstić information content (AvgIpc) is 2.34. The molecule has 1 nitrogen and oxygen atoms in total. The lowest BCUT2D eigenvalue weighted by Crippen LogP contribution is -2.22. The molecule has 1 atom stereocenters. The number of benzene rings is 1. The molecule has 0 heterocycles. The molecule has 0 aromatic heterocycles. The Morgan fingerprint density at radius 1 is 1.50 bits per heavy atom. The molecule has 0 aliphatic heterocycles. The first-order valence-electron chi connectivity index (χ1n) is 6.30. The first-order chi connectivity index (χ1) is 8.69. The van der Waals surface area contributed by atoms with Crippen LogP contribution in [0.3, 0.4) is 0 Å². The van der Waals surface area contributed by atoms with Crippen molar-refractivity contribution in [3.8, 4) is 12.3 Å². The molecule has 1 aromatic rings. The largest absolute Gasteiger partial charge is 0.310 e. The van der Waals surface area contributed by atoms with Crippen LogP contribution >= 0.6 is 27.5 Å². The fourth-order valence-corrected chi connectivity index (χ4v) is 2.84. The molecule has 0 saturated heterocycles. The predicted molar refractivity (Wildman–Crippen MR) is 82.9 cm³/mol. The van der Waals surface area contributed by atoms with Gasteiger partial charge in [0.15, 0.2) is 0 Å². The Morgan fingerprint density at radius 2 is 2.28 bits per heavy atom. The Hall–Kier alpha value is -0.490. The SMILES string of the molecule is C#CCCCC(NCCC)c1ccc(Cl)cc1Br. The van der Waals surface area contributed by atoms with E-state index in [-0.39, 0.29) is 0 Å². The highest BCUT2D eigenvalue weighted by molar-refractivity contribution is 9.10. The van der Waals surface area contributed by atoms with Gasteiger partial charge >= 0.3 is 0 Å². The number of hydrogen-bond acceptors (Lipinski definition) is 1. The Bertz CT molecular complexity index is 411. The van der Waals surface area contributed by atoms with Gasteiger partial charge in [0.25, 0.3) is 0 Å². The lowest BCUT2D eigenvalue weighted by Gasteiger charge is -2.20. The van der Waals surface area contributed by atoms with Crippen molar-refractivity contribution in [1.82, 2.24) is 5.32 Å². The molecule has 0 radical (unpaired) electrons. The summed E-state index contributed by atoms with van der Waals surface area (Å²) in [7, 11) is 0. The molecule has 1 aromatic carbocycles. The Kier molecular flexibility index (Phi) is 7.42. The average molecular weight is 329 g/mol. The van der Waals surface area contributed by atoms with Crippen molar-refractivity contribution in [2.24, 2.45) is 0 Å². The highest BCUT2D eigenvalue weighted by Crippen LogP contribution is 2.29. The van der Waals surface area contributed by atoms with E-state index in [0.717, 1.165) is 41.7 Å². The molecule has 0 aliphatic rings. The first kappa shape index (κ1) is 15.6. The van der Waals surface area contributed by atoms with Crippen molar-refractivity contribution in [3.63, 3.8) is 0 Å². The Balaban J connectivity index is 2.76. The summed E-state index contributed by atoms with van der Waals surface area (Å²) < 4.78 is 1.06. The van der Waals surface area contributed by atoms with E-state index in [1.54, 1.807) is 0 Å². The van der Waals surface area contributed by atoms with Gasteiger partial charge in [-0.15, -0.1) is 12.3 Å². The number of rotatable bonds is 7. The van der Waals surface area contributed by atoms with Gasteiger partial charge in [-0.3, -0.25) is 0 Å². The van der Waals surface area contributed by atoms with Crippen molar-refractivity contribution < 1.29 is 0 Å². The highest BCUT2D eigenvalue weighted by atomic mass is 79.9. The number of nitrogens with one attached hydrogen (secondary N) is 1. The van der Waals surface area contributed by atoms with Crippen LogP contribution in [0.1, 0.15) is 44.2 Å². The second kappa shape index (κ2) is 8.58. The zero-order valence-corrected chi connectivity index (χ0v) is 13.0. The van der Waals surface area contributed by atoms with Crippen molar-refractivity contribution >= 4 is 27.5 Å². The van der Waals surface area contributed by atoms with E-state index in [0.29, 0.717) is 6.04 Å². The molecule has 0 bridgehead atoms. The van der Waals surface area contributed by atoms with E-state index in [1.807, 2.05) is 12.1 Å². The summed E-state index contributed by atoms with van der Waals surface area (Å²) in [6, 6.07) is 6.29. The van der Waals surface area contributed by atoms with Gasteiger partial charge in [-0.1, -0.05) is 40.5 Å². The third-order valence-corrected chi connectivity index (χ3v) is 3.71. The predicted octanol–water partition coefficient (Wildman–Crippen LogP) is 4.95. The van der Waals surface area contributed by atoms with Gasteiger partial charge in [0, 0.05) is 22.0 Å². The molecule has 0 fully saturated rings. The maximum absolute atomic E-state index is 5.98. The van der Waals surface area contributed by atoms with Crippen LogP contribution in [0.25, 0.3) is 0 Å². The van der Waals surface area contributed by atoms with Crippen LogP contribution in [0.2, 0.25) is 5.02 Å². The van der Waals surface area contributed by atoms with E-state index in [4.69, 9.17) is 18.0 Å². The molecule has 1 N–H and O–H groups in total. The number of hydrogen-bond donors (Lipinski definition) is 1. The highest BCUT2D eigenvalue weighted by Gasteiger charge is 2.13. The van der Waals surface area contributed by atoms with E-state index < -0.39 is 0 Å². The summed E-state index contributed by atoms with van der Waals surface area (Å²) >= 11 is 9.56. The third kappa shape index (κ3) is 5.02. The minimum atomic E-state index is 0.338. The van der Waals surface area contributed by atoms with Crippen molar-refractivity contribution in [2.45, 2.75) is 38.6 Å². The Labute approximate surface area is 123 Å². The molecule has 1 rings (SSSR count). The molecular formula is C15H19BrClN. The quantitative estimate of drug-likeness (QED) is 0.552. The summed E-state index contributed by atoms with van der Waals surface area (Å²) in [4.78, 5) is 0. The van der Waals surface area contributed by atoms with E-state index >= 15 is 0 Å². The number of terminal acetylenes is 1. The van der Waals surface area contributed by atoms with Crippen molar-refractivity contribution in [1.29, 1.82) is 0 Å². The molecule has 1 unspecified atom stereocenters. The van der Waals surface area contributed by atoms with E-state index in [9.17, 15) is 0 Å². The Morgan fingerprint density at radius 3 is 2.89 bits per heavy atom. The van der Waals surface area contributed by atoms with Gasteiger partial charge in [0.05, 0.1) is 0 Å². The molecular weight excluding hydrogens is 310 g/mol. The van der Waals surface area contributed by atoms with Gasteiger partial charge in [-0.2, -0.15) is 0 Å².